The van der Waals surface area contributed by atoms with Gasteiger partial charge in [-0.25, -0.2) is 4.79 Å². The minimum absolute atomic E-state index is 0.0587. The number of hydrogen-bond donors (Lipinski definition) is 2. The van der Waals surface area contributed by atoms with Crippen molar-refractivity contribution in [3.05, 3.63) is 34.9 Å². The second-order valence-corrected chi connectivity index (χ2v) is 5.71. The highest BCUT2D eigenvalue weighted by atomic mass is 16.5. The summed E-state index contributed by atoms with van der Waals surface area (Å²) in [5.74, 6) is -0.379. The van der Waals surface area contributed by atoms with Crippen molar-refractivity contribution < 1.29 is 14.6 Å². The fraction of sp³-hybridized carbons (Fsp3) is 0.533. The summed E-state index contributed by atoms with van der Waals surface area (Å²) in [6, 6.07) is 5.34. The molecule has 0 aliphatic heterocycles. The molecule has 4 heteroatoms. The number of aryl methyl sites for hydroxylation is 1. The zero-order valence-electron chi connectivity index (χ0n) is 12.3. The maximum atomic E-state index is 11.6. The van der Waals surface area contributed by atoms with Crippen molar-refractivity contribution in [1.29, 1.82) is 0 Å². The fourth-order valence-electron chi connectivity index (χ4n) is 1.70. The van der Waals surface area contributed by atoms with E-state index in [2.05, 4.69) is 5.32 Å². The first-order valence-corrected chi connectivity index (χ1v) is 6.36. The number of β-amino-alcohol motifs (C(OH)–C–C–N with tert-alkyl or cyclic N) is 1. The van der Waals surface area contributed by atoms with Gasteiger partial charge in [-0.15, -0.1) is 0 Å². The molecular formula is C15H23NO3. The minimum Gasteiger partial charge on any atom is -0.465 e. The largest absolute Gasteiger partial charge is 0.465 e. The van der Waals surface area contributed by atoms with Crippen molar-refractivity contribution in [3.8, 4) is 0 Å². The molecule has 0 aliphatic carbocycles. The molecule has 0 heterocycles. The van der Waals surface area contributed by atoms with Crippen LogP contribution in [0.5, 0.6) is 0 Å². The molecule has 2 N–H and O–H groups in total. The van der Waals surface area contributed by atoms with Gasteiger partial charge in [0.1, 0.15) is 0 Å². The number of ether oxygens (including phenoxy) is 1. The van der Waals surface area contributed by atoms with Crippen LogP contribution in [-0.2, 0) is 4.74 Å². The Morgan fingerprint density at radius 3 is 2.58 bits per heavy atom. The van der Waals surface area contributed by atoms with E-state index in [9.17, 15) is 9.90 Å². The van der Waals surface area contributed by atoms with Crippen LogP contribution in [0.4, 0.5) is 0 Å². The molecule has 4 nitrogen and oxygen atoms in total. The van der Waals surface area contributed by atoms with E-state index in [-0.39, 0.29) is 11.5 Å². The van der Waals surface area contributed by atoms with Crippen LogP contribution in [0.3, 0.4) is 0 Å². The summed E-state index contributed by atoms with van der Waals surface area (Å²) in [5, 5.41) is 13.4. The lowest BCUT2D eigenvalue weighted by molar-refractivity contribution is 0.0599. The van der Waals surface area contributed by atoms with Crippen molar-refractivity contribution in [2.75, 3.05) is 13.7 Å². The van der Waals surface area contributed by atoms with Gasteiger partial charge in [0.15, 0.2) is 0 Å². The van der Waals surface area contributed by atoms with E-state index in [0.717, 1.165) is 5.56 Å². The quantitative estimate of drug-likeness (QED) is 0.819. The maximum absolute atomic E-state index is 11.6. The first-order chi connectivity index (χ1) is 8.74. The van der Waals surface area contributed by atoms with Crippen molar-refractivity contribution in [1.82, 2.24) is 5.32 Å². The second kappa shape index (κ2) is 6.17. The van der Waals surface area contributed by atoms with Crippen LogP contribution < -0.4 is 5.32 Å². The van der Waals surface area contributed by atoms with Gasteiger partial charge in [-0.1, -0.05) is 12.1 Å². The van der Waals surface area contributed by atoms with Crippen LogP contribution in [0.15, 0.2) is 18.2 Å². The Hall–Kier alpha value is -1.39. The zero-order chi connectivity index (χ0) is 14.6. The Morgan fingerprint density at radius 1 is 1.42 bits per heavy atom. The third-order valence-corrected chi connectivity index (χ3v) is 2.88. The molecule has 0 saturated carbocycles. The van der Waals surface area contributed by atoms with E-state index in [1.165, 1.54) is 7.11 Å². The highest BCUT2D eigenvalue weighted by Gasteiger charge is 2.16. The van der Waals surface area contributed by atoms with Gasteiger partial charge in [0.05, 0.1) is 18.8 Å². The van der Waals surface area contributed by atoms with Crippen LogP contribution in [-0.4, -0.2) is 30.3 Å². The van der Waals surface area contributed by atoms with Crippen LogP contribution in [0.2, 0.25) is 0 Å². The van der Waals surface area contributed by atoms with Gasteiger partial charge in [0.25, 0.3) is 0 Å². The van der Waals surface area contributed by atoms with E-state index in [1.54, 1.807) is 6.07 Å². The molecule has 0 unspecified atom stereocenters. The maximum Gasteiger partial charge on any atom is 0.338 e. The van der Waals surface area contributed by atoms with Crippen molar-refractivity contribution in [3.63, 3.8) is 0 Å². The van der Waals surface area contributed by atoms with Crippen LogP contribution in [0.1, 0.15) is 48.4 Å². The number of methoxy groups -OCH3 is 1. The molecule has 0 bridgehead atoms. The molecule has 0 aliphatic rings. The Balaban J connectivity index is 2.86. The van der Waals surface area contributed by atoms with Crippen molar-refractivity contribution in [2.45, 2.75) is 39.3 Å². The van der Waals surface area contributed by atoms with Crippen molar-refractivity contribution in [2.24, 2.45) is 0 Å². The molecule has 1 aromatic rings. The summed E-state index contributed by atoms with van der Waals surface area (Å²) in [4.78, 5) is 11.6. The van der Waals surface area contributed by atoms with Crippen LogP contribution in [0, 0.1) is 6.92 Å². The number of carbonyl (C=O) groups is 1. The molecule has 1 atom stereocenters. The first-order valence-electron chi connectivity index (χ1n) is 6.36. The molecule has 1 aromatic carbocycles. The summed E-state index contributed by atoms with van der Waals surface area (Å²) in [6.45, 7) is 8.39. The van der Waals surface area contributed by atoms with Crippen LogP contribution >= 0.6 is 0 Å². The second-order valence-electron chi connectivity index (χ2n) is 5.71. The molecular weight excluding hydrogens is 242 g/mol. The zero-order valence-corrected chi connectivity index (χ0v) is 12.3. The van der Waals surface area contributed by atoms with Gasteiger partial charge in [0.2, 0.25) is 0 Å². The molecule has 0 aromatic heterocycles. The Kier molecular flexibility index (Phi) is 5.09. The lowest BCUT2D eigenvalue weighted by Crippen LogP contribution is -2.38. The molecule has 0 amide bonds. The number of aliphatic hydroxyl groups excluding tert-OH is 1. The SMILES string of the molecule is COC(=O)c1cc([C@@H](O)CNC(C)(C)C)ccc1C. The van der Waals surface area contributed by atoms with Gasteiger partial charge < -0.3 is 15.2 Å². The lowest BCUT2D eigenvalue weighted by Gasteiger charge is -2.23. The molecule has 106 valence electrons. The number of rotatable bonds is 4. The Labute approximate surface area is 114 Å². The summed E-state index contributed by atoms with van der Waals surface area (Å²) >= 11 is 0. The van der Waals surface area contributed by atoms with E-state index >= 15 is 0 Å². The summed E-state index contributed by atoms with van der Waals surface area (Å²) in [5.41, 5.74) is 1.99. The van der Waals surface area contributed by atoms with Gasteiger partial charge >= 0.3 is 5.97 Å². The average Bonchev–Trinajstić information content (AvgIpc) is 2.34. The lowest BCUT2D eigenvalue weighted by atomic mass is 10.0. The topological polar surface area (TPSA) is 58.6 Å². The number of nitrogens with one attached hydrogen (secondary N) is 1. The smallest absolute Gasteiger partial charge is 0.338 e. The highest BCUT2D eigenvalue weighted by molar-refractivity contribution is 5.91. The predicted octanol–water partition coefficient (Wildman–Crippen LogP) is 2.20. The monoisotopic (exact) mass is 265 g/mol. The van der Waals surface area contributed by atoms with Crippen molar-refractivity contribution >= 4 is 5.97 Å². The normalized spacial score (nSPS) is 13.2. The van der Waals surface area contributed by atoms with Gasteiger partial charge in [-0.05, 0) is 44.9 Å². The Bertz CT molecular complexity index is 449. The number of aliphatic hydroxyl groups is 1. The number of esters is 1. The molecule has 0 radical (unpaired) electrons. The predicted molar refractivity (Wildman–Crippen MR) is 75.2 cm³/mol. The summed E-state index contributed by atoms with van der Waals surface area (Å²) in [6.07, 6.45) is -0.650. The molecule has 0 spiro atoms. The summed E-state index contributed by atoms with van der Waals surface area (Å²) in [7, 11) is 1.35. The average molecular weight is 265 g/mol. The van der Waals surface area contributed by atoms with E-state index in [1.807, 2.05) is 39.8 Å². The van der Waals surface area contributed by atoms with Gasteiger partial charge in [0, 0.05) is 12.1 Å². The van der Waals surface area contributed by atoms with E-state index in [0.29, 0.717) is 17.7 Å². The van der Waals surface area contributed by atoms with E-state index in [4.69, 9.17) is 4.74 Å². The third kappa shape index (κ3) is 4.65. The molecule has 19 heavy (non-hydrogen) atoms. The number of hydrogen-bond acceptors (Lipinski definition) is 4. The molecule has 0 fully saturated rings. The minimum atomic E-state index is -0.650. The molecule has 1 rings (SSSR count). The number of carbonyl (C=O) groups excluding carboxylic acids is 1. The van der Waals surface area contributed by atoms with Gasteiger partial charge in [-0.2, -0.15) is 0 Å². The Morgan fingerprint density at radius 2 is 2.05 bits per heavy atom. The fourth-order valence-corrected chi connectivity index (χ4v) is 1.70. The molecule has 0 saturated heterocycles. The van der Waals surface area contributed by atoms with Gasteiger partial charge in [-0.3, -0.25) is 0 Å². The standard InChI is InChI=1S/C15H23NO3/c1-10-6-7-11(8-12(10)14(18)19-5)13(17)9-16-15(2,3)4/h6-8,13,16-17H,9H2,1-5H3/t13-/m0/s1. The first kappa shape index (κ1) is 15.7. The summed E-state index contributed by atoms with van der Waals surface area (Å²) < 4.78 is 4.73. The third-order valence-electron chi connectivity index (χ3n) is 2.88. The number of benzene rings is 1. The van der Waals surface area contributed by atoms with Crippen LogP contribution in [0.25, 0.3) is 0 Å². The van der Waals surface area contributed by atoms with E-state index < -0.39 is 6.10 Å². The highest BCUT2D eigenvalue weighted by Crippen LogP contribution is 2.18.